The normalized spacial score (nSPS) is 18.5. The lowest BCUT2D eigenvalue weighted by Crippen LogP contribution is -2.35. The molecular weight excluding hydrogens is 921 g/mol. The van der Waals surface area contributed by atoms with Gasteiger partial charge in [0.15, 0.2) is 23.1 Å². The van der Waals surface area contributed by atoms with Crippen molar-refractivity contribution in [2.45, 2.75) is 63.5 Å². The van der Waals surface area contributed by atoms with E-state index in [1.165, 1.54) is 38.7 Å². The lowest BCUT2D eigenvalue weighted by atomic mass is 10.0. The quantitative estimate of drug-likeness (QED) is 0.0881. The van der Waals surface area contributed by atoms with E-state index in [-0.39, 0.29) is 76.5 Å². The van der Waals surface area contributed by atoms with Crippen molar-refractivity contribution in [3.63, 3.8) is 0 Å². The summed E-state index contributed by atoms with van der Waals surface area (Å²) >= 11 is 0. The van der Waals surface area contributed by atoms with Crippen LogP contribution in [0.5, 0.6) is 11.5 Å². The summed E-state index contributed by atoms with van der Waals surface area (Å²) in [5.41, 5.74) is 5.14. The summed E-state index contributed by atoms with van der Waals surface area (Å²) in [6.45, 7) is 0.271. The van der Waals surface area contributed by atoms with Gasteiger partial charge in [0, 0.05) is 57.2 Å². The molecule has 3 aromatic carbocycles. The van der Waals surface area contributed by atoms with Crippen LogP contribution in [0.25, 0.3) is 21.8 Å². The number of hydrogen-bond acceptors (Lipinski definition) is 11. The van der Waals surface area contributed by atoms with Crippen LogP contribution in [0, 0.1) is 11.6 Å². The number of rotatable bonds is 11. The Morgan fingerprint density at radius 3 is 1.47 bits per heavy atom. The Morgan fingerprint density at radius 2 is 1.10 bits per heavy atom. The molecule has 0 unspecified atom stereocenters. The maximum atomic E-state index is 15.7. The first-order valence-electron chi connectivity index (χ1n) is 22.8. The van der Waals surface area contributed by atoms with Gasteiger partial charge in [-0.3, -0.25) is 24.1 Å². The SMILES string of the molecule is COc1c(N2CCC/C(=C(\F)CN)C2)c(F)cc2c(=O)c(C(=O)O)cn(C3CC3)c12.COc1c(N2CCC/C(=C(\F)CN3C(=O)c4ccccc4C3=O)C2)c(F)cc2c(=O)c(C(=O)O)cn(C3CC3)c12. The number of carbonyl (C=O) groups excluding carboxylic acids is 2. The second-order valence-electron chi connectivity index (χ2n) is 17.9. The molecule has 3 aliphatic heterocycles. The number of fused-ring (bicyclic) bond motifs is 3. The summed E-state index contributed by atoms with van der Waals surface area (Å²) < 4.78 is 75.2. The Hall–Kier alpha value is -7.48. The zero-order valence-corrected chi connectivity index (χ0v) is 38.2. The number of nitrogens with zero attached hydrogens (tertiary/aromatic N) is 5. The highest BCUT2D eigenvalue weighted by Gasteiger charge is 2.38. The molecule has 5 aliphatic rings. The highest BCUT2D eigenvalue weighted by atomic mass is 19.1. The summed E-state index contributed by atoms with van der Waals surface area (Å²) in [6.07, 6.45) is 7.78. The molecule has 366 valence electrons. The topological polar surface area (TPSA) is 207 Å². The number of carboxylic acids is 2. The van der Waals surface area contributed by atoms with Gasteiger partial charge in [-0.2, -0.15) is 0 Å². The van der Waals surface area contributed by atoms with Crippen LogP contribution in [0.4, 0.5) is 28.9 Å². The monoisotopic (exact) mass is 968 g/mol. The predicted molar refractivity (Wildman–Crippen MR) is 250 cm³/mol. The van der Waals surface area contributed by atoms with E-state index in [9.17, 15) is 43.4 Å². The van der Waals surface area contributed by atoms with Crippen molar-refractivity contribution in [3.8, 4) is 11.5 Å². The molecule has 2 saturated carbocycles. The zero-order chi connectivity index (χ0) is 49.9. The fraction of sp³-hybridized carbons (Fsp3) is 0.360. The molecule has 16 nitrogen and oxygen atoms in total. The van der Waals surface area contributed by atoms with E-state index in [0.717, 1.165) is 42.7 Å². The Kier molecular flexibility index (Phi) is 12.8. The number of methoxy groups -OCH3 is 2. The van der Waals surface area contributed by atoms with E-state index in [1.807, 2.05) is 0 Å². The van der Waals surface area contributed by atoms with E-state index in [2.05, 4.69) is 0 Å². The van der Waals surface area contributed by atoms with Gasteiger partial charge in [0.1, 0.15) is 34.2 Å². The number of amides is 2. The molecule has 70 heavy (non-hydrogen) atoms. The highest BCUT2D eigenvalue weighted by molar-refractivity contribution is 6.21. The van der Waals surface area contributed by atoms with Crippen molar-refractivity contribution in [3.05, 3.63) is 126 Å². The van der Waals surface area contributed by atoms with E-state index in [4.69, 9.17) is 15.2 Å². The largest absolute Gasteiger partial charge is 0.492 e. The van der Waals surface area contributed by atoms with Crippen LogP contribution in [0.15, 0.2) is 81.2 Å². The van der Waals surface area contributed by atoms with Crippen molar-refractivity contribution in [2.24, 2.45) is 5.73 Å². The first kappa shape index (κ1) is 47.6. The first-order valence-corrected chi connectivity index (χ1v) is 22.8. The number of hydrogen-bond donors (Lipinski definition) is 3. The summed E-state index contributed by atoms with van der Waals surface area (Å²) in [4.78, 5) is 78.6. The second kappa shape index (κ2) is 18.8. The number of imide groups is 1. The van der Waals surface area contributed by atoms with Crippen LogP contribution in [0.3, 0.4) is 0 Å². The van der Waals surface area contributed by atoms with Gasteiger partial charge in [-0.1, -0.05) is 12.1 Å². The Morgan fingerprint density at radius 1 is 0.686 bits per heavy atom. The molecule has 2 aromatic heterocycles. The number of ether oxygens (including phenoxy) is 2. The Bertz CT molecular complexity index is 3210. The molecular formula is C50H48F4N6O10. The average molecular weight is 969 g/mol. The van der Waals surface area contributed by atoms with Crippen molar-refractivity contribution in [2.75, 3.05) is 63.3 Å². The van der Waals surface area contributed by atoms with Crippen LogP contribution in [0.2, 0.25) is 0 Å². The van der Waals surface area contributed by atoms with Gasteiger partial charge in [-0.15, -0.1) is 0 Å². The second-order valence-corrected chi connectivity index (χ2v) is 17.9. The molecule has 2 saturated heterocycles. The van der Waals surface area contributed by atoms with E-state index in [1.54, 1.807) is 31.1 Å². The smallest absolute Gasteiger partial charge is 0.341 e. The maximum Gasteiger partial charge on any atom is 0.341 e. The number of pyridine rings is 2. The number of benzene rings is 3. The predicted octanol–water partition coefficient (Wildman–Crippen LogP) is 7.27. The lowest BCUT2D eigenvalue weighted by Gasteiger charge is -2.33. The minimum atomic E-state index is -1.40. The molecule has 4 fully saturated rings. The Balaban J connectivity index is 0.000000181. The van der Waals surface area contributed by atoms with Gasteiger partial charge in [-0.25, -0.2) is 27.2 Å². The lowest BCUT2D eigenvalue weighted by molar-refractivity contribution is 0.0653. The number of nitrogens with two attached hydrogens (primary N) is 1. The third kappa shape index (κ3) is 8.43. The van der Waals surface area contributed by atoms with Crippen LogP contribution in [-0.2, 0) is 0 Å². The highest BCUT2D eigenvalue weighted by Crippen LogP contribution is 2.46. The molecule has 20 heteroatoms. The molecule has 2 aliphatic carbocycles. The van der Waals surface area contributed by atoms with E-state index in [0.29, 0.717) is 61.0 Å². The van der Waals surface area contributed by atoms with Gasteiger partial charge in [0.2, 0.25) is 10.9 Å². The van der Waals surface area contributed by atoms with Crippen LogP contribution in [0.1, 0.15) is 105 Å². The van der Waals surface area contributed by atoms with Gasteiger partial charge in [0.05, 0.1) is 53.7 Å². The first-order chi connectivity index (χ1) is 33.6. The fourth-order valence-electron chi connectivity index (χ4n) is 9.79. The van der Waals surface area contributed by atoms with Crippen LogP contribution in [-0.4, -0.2) is 101 Å². The van der Waals surface area contributed by atoms with E-state index >= 15 is 13.2 Å². The number of anilines is 2. The number of piperidine rings is 2. The molecule has 0 bridgehead atoms. The number of halogens is 4. The minimum Gasteiger partial charge on any atom is -0.492 e. The third-order valence-electron chi connectivity index (χ3n) is 13.5. The van der Waals surface area contributed by atoms with Gasteiger partial charge in [-0.05, 0) is 86.8 Å². The molecule has 5 aromatic rings. The van der Waals surface area contributed by atoms with Gasteiger partial charge in [0.25, 0.3) is 11.8 Å². The van der Waals surface area contributed by atoms with Gasteiger partial charge >= 0.3 is 11.9 Å². The van der Waals surface area contributed by atoms with Gasteiger partial charge < -0.3 is 44.4 Å². The van der Waals surface area contributed by atoms with Crippen molar-refractivity contribution in [1.29, 1.82) is 0 Å². The number of aromatic carboxylic acids is 2. The molecule has 0 radical (unpaired) electrons. The minimum absolute atomic E-state index is 0.0184. The fourth-order valence-corrected chi connectivity index (χ4v) is 9.79. The van der Waals surface area contributed by atoms with Crippen LogP contribution >= 0.6 is 0 Å². The number of aromatic nitrogens is 2. The average Bonchev–Trinajstić information content (AvgIpc) is 4.31. The zero-order valence-electron chi connectivity index (χ0n) is 38.2. The van der Waals surface area contributed by atoms with Crippen molar-refractivity contribution < 1.29 is 56.4 Å². The van der Waals surface area contributed by atoms with Crippen molar-refractivity contribution in [1.82, 2.24) is 14.0 Å². The molecule has 4 N–H and O–H groups in total. The summed E-state index contributed by atoms with van der Waals surface area (Å²) in [6, 6.07) is 8.38. The van der Waals surface area contributed by atoms with Crippen molar-refractivity contribution >= 4 is 56.9 Å². The summed E-state index contributed by atoms with van der Waals surface area (Å²) in [7, 11) is 2.72. The third-order valence-corrected chi connectivity index (χ3v) is 13.5. The summed E-state index contributed by atoms with van der Waals surface area (Å²) in [5, 5.41) is 18.8. The number of carboxylic acid groups (broad SMARTS) is 2. The summed E-state index contributed by atoms with van der Waals surface area (Å²) in [5.74, 6) is -6.22. The molecule has 5 heterocycles. The van der Waals surface area contributed by atoms with E-state index < -0.39 is 75.6 Å². The maximum absolute atomic E-state index is 15.7. The molecule has 0 atom stereocenters. The molecule has 2 amide bonds. The Labute approximate surface area is 396 Å². The molecule has 10 rings (SSSR count). The standard InChI is InChI=1S/C29H25F2N3O6.C21H23F2N3O4/c1-40-26-23-19(25(35)20(29(38)39)13-33(23)16-8-9-16)11-21(30)24(26)32-10-4-5-15(12-32)22(31)14-34-27(36)17-6-2-3-7-18(17)28(34)37;1-30-20-17-13(19(27)14(21(28)29)10-26(17)12-4-5-12)7-15(22)18(20)25-6-2-3-11(9-25)16(23)8-24/h2-3,6-7,11,13,16H,4-5,8-10,12,14H2,1H3,(H,38,39);7,10,12H,2-6,8-9,24H2,1H3,(H,28,29)/b22-15+;16-11+. The van der Waals surface area contributed by atoms with Crippen LogP contribution < -0.4 is 35.9 Å². The molecule has 0 spiro atoms. The number of carbonyl (C=O) groups is 4.